The lowest BCUT2D eigenvalue weighted by Gasteiger charge is -2.38. The van der Waals surface area contributed by atoms with Gasteiger partial charge >= 0.3 is 0 Å². The third-order valence-electron chi connectivity index (χ3n) is 4.15. The second-order valence-electron chi connectivity index (χ2n) is 9.63. The predicted octanol–water partition coefficient (Wildman–Crippen LogP) is 6.44. The maximum Gasteiger partial charge on any atom is 0.0769 e. The Morgan fingerprint density at radius 3 is 1.44 bits per heavy atom. The first kappa shape index (κ1) is 18.0. The Labute approximate surface area is 117 Å². The van der Waals surface area contributed by atoms with Crippen molar-refractivity contribution in [2.45, 2.75) is 86.9 Å². The van der Waals surface area contributed by atoms with Gasteiger partial charge in [0.15, 0.2) is 0 Å². The van der Waals surface area contributed by atoms with Crippen LogP contribution in [0.1, 0.15) is 68.7 Å². The molecule has 0 nitrogen and oxygen atoms in total. The second kappa shape index (κ2) is 5.15. The van der Waals surface area contributed by atoms with Gasteiger partial charge in [-0.15, -0.1) is 0 Å². The van der Waals surface area contributed by atoms with Gasteiger partial charge in [-0.1, -0.05) is 86.7 Å². The van der Waals surface area contributed by atoms with E-state index in [1.165, 1.54) is 6.42 Å². The average Bonchev–Trinajstić information content (AvgIpc) is 1.95. The van der Waals surface area contributed by atoms with E-state index in [9.17, 15) is 0 Å². The van der Waals surface area contributed by atoms with E-state index >= 15 is 0 Å². The number of rotatable bonds is 2. The normalized spacial score (nSPS) is 16.1. The van der Waals surface area contributed by atoms with E-state index < -0.39 is 8.07 Å². The van der Waals surface area contributed by atoms with E-state index in [1.54, 1.807) is 5.57 Å². The van der Waals surface area contributed by atoms with E-state index in [-0.39, 0.29) is 0 Å². The minimum atomic E-state index is -1.34. The summed E-state index contributed by atoms with van der Waals surface area (Å²) < 4.78 is 0. The third-order valence-corrected chi connectivity index (χ3v) is 9.09. The van der Waals surface area contributed by atoms with Crippen molar-refractivity contribution in [3.8, 4) is 0 Å². The summed E-state index contributed by atoms with van der Waals surface area (Å²) in [7, 11) is -1.34. The van der Waals surface area contributed by atoms with E-state index in [4.69, 9.17) is 0 Å². The van der Waals surface area contributed by atoms with Crippen LogP contribution >= 0.6 is 0 Å². The van der Waals surface area contributed by atoms with E-state index in [0.717, 1.165) is 0 Å². The lowest BCUT2D eigenvalue weighted by Crippen LogP contribution is -2.36. The van der Waals surface area contributed by atoms with Crippen molar-refractivity contribution < 1.29 is 0 Å². The van der Waals surface area contributed by atoms with Gasteiger partial charge in [-0.05, 0) is 22.3 Å². The van der Waals surface area contributed by atoms with Crippen LogP contribution in [0.15, 0.2) is 11.3 Å². The molecule has 0 saturated heterocycles. The van der Waals surface area contributed by atoms with Crippen molar-refractivity contribution in [3.63, 3.8) is 0 Å². The first-order valence-electron chi connectivity index (χ1n) is 7.28. The van der Waals surface area contributed by atoms with Crippen molar-refractivity contribution in [3.05, 3.63) is 11.3 Å². The Kier molecular flexibility index (Phi) is 5.14. The highest BCUT2D eigenvalue weighted by Gasteiger charge is 2.35. The molecule has 0 heterocycles. The van der Waals surface area contributed by atoms with Crippen molar-refractivity contribution >= 4 is 8.07 Å². The maximum atomic E-state index is 2.68. The first-order chi connectivity index (χ1) is 7.56. The zero-order valence-corrected chi connectivity index (χ0v) is 15.8. The smallest absolute Gasteiger partial charge is 0.0769 e. The Bertz CT molecular complexity index is 300. The van der Waals surface area contributed by atoms with Crippen LogP contribution in [0, 0.1) is 10.8 Å². The molecule has 0 N–H and O–H groups in total. The minimum absolute atomic E-state index is 0.294. The van der Waals surface area contributed by atoms with E-state index in [0.29, 0.717) is 15.9 Å². The van der Waals surface area contributed by atoms with Crippen LogP contribution in [0.3, 0.4) is 0 Å². The summed E-state index contributed by atoms with van der Waals surface area (Å²) in [5.41, 5.74) is 5.00. The molecule has 0 aromatic rings. The van der Waals surface area contributed by atoms with Crippen molar-refractivity contribution in [2.75, 3.05) is 0 Å². The van der Waals surface area contributed by atoms with Crippen molar-refractivity contribution in [1.29, 1.82) is 0 Å². The second-order valence-corrected chi connectivity index (χ2v) is 14.9. The van der Waals surface area contributed by atoms with Crippen LogP contribution in [-0.4, -0.2) is 8.07 Å². The summed E-state index contributed by atoms with van der Waals surface area (Å²) in [5, 5.41) is 0.432. The van der Waals surface area contributed by atoms with Gasteiger partial charge in [0, 0.05) is 0 Å². The average molecular weight is 269 g/mol. The zero-order chi connectivity index (χ0) is 15.0. The number of allylic oxidation sites excluding steroid dienone is 1. The molecule has 0 aliphatic carbocycles. The Balaban J connectivity index is 5.48. The van der Waals surface area contributed by atoms with Crippen LogP contribution in [0.4, 0.5) is 0 Å². The monoisotopic (exact) mass is 268 g/mol. The maximum absolute atomic E-state index is 2.68. The summed E-state index contributed by atoms with van der Waals surface area (Å²) in [4.78, 5) is 0. The fourth-order valence-corrected chi connectivity index (χ4v) is 3.60. The van der Waals surface area contributed by atoms with Crippen LogP contribution in [0.5, 0.6) is 0 Å². The molecule has 0 amide bonds. The molecule has 0 radical (unpaired) electrons. The summed E-state index contributed by atoms with van der Waals surface area (Å²) in [6, 6.07) is 0. The first-order valence-corrected chi connectivity index (χ1v) is 10.4. The van der Waals surface area contributed by atoms with Crippen molar-refractivity contribution in [1.82, 2.24) is 0 Å². The number of hydrogen-bond acceptors (Lipinski definition) is 0. The standard InChI is InChI=1S/C17H36Si/c1-15(2,3)12-14(16(4,5)6)13-18(10,11)17(7,8)9/h13H,12H2,1-11H3. The highest BCUT2D eigenvalue weighted by atomic mass is 28.3. The summed E-state index contributed by atoms with van der Waals surface area (Å²) >= 11 is 0. The molecule has 0 aliphatic rings. The van der Waals surface area contributed by atoms with E-state index in [1.807, 2.05) is 0 Å². The molecule has 18 heavy (non-hydrogen) atoms. The summed E-state index contributed by atoms with van der Waals surface area (Å²) in [6.07, 6.45) is 1.21. The largest absolute Gasteiger partial charge is 0.0945 e. The molecule has 0 aromatic carbocycles. The lowest BCUT2D eigenvalue weighted by atomic mass is 9.78. The highest BCUT2D eigenvalue weighted by molar-refractivity contribution is 6.84. The van der Waals surface area contributed by atoms with Crippen molar-refractivity contribution in [2.24, 2.45) is 10.8 Å². The van der Waals surface area contributed by atoms with Crippen LogP contribution in [0.2, 0.25) is 18.1 Å². The highest BCUT2D eigenvalue weighted by Crippen LogP contribution is 2.42. The van der Waals surface area contributed by atoms with Gasteiger partial charge < -0.3 is 0 Å². The summed E-state index contributed by atoms with van der Waals surface area (Å²) in [6.45, 7) is 26.3. The molecule has 0 aliphatic heterocycles. The molecule has 0 saturated carbocycles. The van der Waals surface area contributed by atoms with Crippen LogP contribution in [-0.2, 0) is 0 Å². The van der Waals surface area contributed by atoms with Gasteiger partial charge in [-0.2, -0.15) is 0 Å². The molecule has 0 bridgehead atoms. The van der Waals surface area contributed by atoms with Gasteiger partial charge in [0.25, 0.3) is 0 Å². The SMILES string of the molecule is CC(C)(C)CC(=C[Si](C)(C)C(C)(C)C)C(C)(C)C. The zero-order valence-electron chi connectivity index (χ0n) is 14.8. The fraction of sp³-hybridized carbons (Fsp3) is 0.882. The minimum Gasteiger partial charge on any atom is -0.0945 e. The fourth-order valence-electron chi connectivity index (χ4n) is 1.76. The summed E-state index contributed by atoms with van der Waals surface area (Å²) in [5.74, 6) is 0. The number of hydrogen-bond donors (Lipinski definition) is 0. The molecular formula is C17H36Si. The molecule has 108 valence electrons. The van der Waals surface area contributed by atoms with E-state index in [2.05, 4.69) is 81.1 Å². The van der Waals surface area contributed by atoms with Crippen LogP contribution < -0.4 is 0 Å². The topological polar surface area (TPSA) is 0 Å². The molecule has 0 spiro atoms. The Morgan fingerprint density at radius 2 is 1.22 bits per heavy atom. The van der Waals surface area contributed by atoms with Gasteiger partial charge in [0.2, 0.25) is 0 Å². The third kappa shape index (κ3) is 5.73. The van der Waals surface area contributed by atoms with Crippen LogP contribution in [0.25, 0.3) is 0 Å². The molecule has 0 rings (SSSR count). The van der Waals surface area contributed by atoms with Gasteiger partial charge in [-0.3, -0.25) is 0 Å². The molecule has 0 atom stereocenters. The Hall–Kier alpha value is -0.0431. The molecule has 0 unspecified atom stereocenters. The molecule has 0 fully saturated rings. The molecule has 0 aromatic heterocycles. The Morgan fingerprint density at radius 1 is 0.833 bits per heavy atom. The molecular weight excluding hydrogens is 232 g/mol. The van der Waals surface area contributed by atoms with Gasteiger partial charge in [0.05, 0.1) is 8.07 Å². The lowest BCUT2D eigenvalue weighted by molar-refractivity contribution is 0.359. The van der Waals surface area contributed by atoms with Gasteiger partial charge in [-0.25, -0.2) is 0 Å². The van der Waals surface area contributed by atoms with Gasteiger partial charge in [0.1, 0.15) is 0 Å². The molecule has 1 heteroatoms. The predicted molar refractivity (Wildman–Crippen MR) is 88.8 cm³/mol. The quantitative estimate of drug-likeness (QED) is 0.505.